The zero-order valence-corrected chi connectivity index (χ0v) is 12.1. The highest BCUT2D eigenvalue weighted by atomic mass is 19.1. The monoisotopic (exact) mass is 258 g/mol. The molecule has 18 heavy (non-hydrogen) atoms. The number of carbonyl (C=O) groups excluding carboxylic acids is 1. The van der Waals surface area contributed by atoms with E-state index in [2.05, 4.69) is 13.8 Å². The molecule has 1 aliphatic carbocycles. The number of halogens is 1. The van der Waals surface area contributed by atoms with Gasteiger partial charge in [0.25, 0.3) is 0 Å². The van der Waals surface area contributed by atoms with Crippen molar-refractivity contribution in [2.45, 2.75) is 65.7 Å². The maximum atomic E-state index is 13.5. The highest BCUT2D eigenvalue weighted by Gasteiger charge is 2.33. The summed E-state index contributed by atoms with van der Waals surface area (Å²) in [6.07, 6.45) is 1.97. The first-order valence-corrected chi connectivity index (χ1v) is 7.24. The SMILES string of the molecule is CCC(C)C(=O)CO[C@@H]1C[C@H](F)CC[C@H]1C(C)C. The summed E-state index contributed by atoms with van der Waals surface area (Å²) in [4.78, 5) is 11.8. The second-order valence-corrected chi connectivity index (χ2v) is 5.94. The number of hydrogen-bond acceptors (Lipinski definition) is 2. The predicted octanol–water partition coefficient (Wildman–Crippen LogP) is 3.78. The van der Waals surface area contributed by atoms with Crippen LogP contribution in [0.1, 0.15) is 53.4 Å². The molecule has 0 bridgehead atoms. The number of rotatable bonds is 6. The van der Waals surface area contributed by atoms with E-state index in [1.165, 1.54) is 0 Å². The maximum Gasteiger partial charge on any atom is 0.161 e. The van der Waals surface area contributed by atoms with E-state index in [4.69, 9.17) is 4.74 Å². The smallest absolute Gasteiger partial charge is 0.161 e. The molecule has 0 spiro atoms. The van der Waals surface area contributed by atoms with E-state index in [9.17, 15) is 9.18 Å². The van der Waals surface area contributed by atoms with Gasteiger partial charge in [-0.25, -0.2) is 4.39 Å². The van der Waals surface area contributed by atoms with Crippen LogP contribution in [0, 0.1) is 17.8 Å². The van der Waals surface area contributed by atoms with Crippen molar-refractivity contribution < 1.29 is 13.9 Å². The molecule has 1 unspecified atom stereocenters. The van der Waals surface area contributed by atoms with Gasteiger partial charge in [-0.05, 0) is 31.1 Å². The number of hydrogen-bond donors (Lipinski definition) is 0. The summed E-state index contributed by atoms with van der Waals surface area (Å²) in [6, 6.07) is 0. The summed E-state index contributed by atoms with van der Waals surface area (Å²) in [5.41, 5.74) is 0. The molecule has 4 atom stereocenters. The van der Waals surface area contributed by atoms with Crippen molar-refractivity contribution in [1.82, 2.24) is 0 Å². The Balaban J connectivity index is 2.48. The van der Waals surface area contributed by atoms with Gasteiger partial charge in [0.1, 0.15) is 12.8 Å². The van der Waals surface area contributed by atoms with Crippen molar-refractivity contribution in [3.05, 3.63) is 0 Å². The third-order valence-corrected chi connectivity index (χ3v) is 4.24. The van der Waals surface area contributed by atoms with Gasteiger partial charge in [0.05, 0.1) is 6.10 Å². The van der Waals surface area contributed by atoms with Crippen LogP contribution in [0.5, 0.6) is 0 Å². The second-order valence-electron chi connectivity index (χ2n) is 5.94. The molecule has 1 fully saturated rings. The van der Waals surface area contributed by atoms with Gasteiger partial charge in [0.15, 0.2) is 5.78 Å². The molecule has 1 rings (SSSR count). The molecule has 2 nitrogen and oxygen atoms in total. The lowest BCUT2D eigenvalue weighted by atomic mass is 9.78. The Morgan fingerprint density at radius 2 is 2.00 bits per heavy atom. The molecule has 0 radical (unpaired) electrons. The predicted molar refractivity (Wildman–Crippen MR) is 71.3 cm³/mol. The first-order valence-electron chi connectivity index (χ1n) is 7.24. The second kappa shape index (κ2) is 7.22. The number of Topliss-reactive ketones (excluding diaryl/α,β-unsaturated/α-hetero) is 1. The molecule has 0 amide bonds. The molecule has 1 saturated carbocycles. The molecular weight excluding hydrogens is 231 g/mol. The van der Waals surface area contributed by atoms with Crippen LogP contribution in [-0.2, 0) is 9.53 Å². The largest absolute Gasteiger partial charge is 0.370 e. The van der Waals surface area contributed by atoms with Crippen LogP contribution < -0.4 is 0 Å². The molecule has 0 aromatic carbocycles. The van der Waals surface area contributed by atoms with Crippen molar-refractivity contribution in [2.24, 2.45) is 17.8 Å². The molecule has 0 aromatic rings. The van der Waals surface area contributed by atoms with Gasteiger partial charge in [0.2, 0.25) is 0 Å². The minimum absolute atomic E-state index is 0.0484. The summed E-state index contributed by atoms with van der Waals surface area (Å²) >= 11 is 0. The molecule has 0 N–H and O–H groups in total. The van der Waals surface area contributed by atoms with Gasteiger partial charge < -0.3 is 4.74 Å². The minimum Gasteiger partial charge on any atom is -0.370 e. The summed E-state index contributed by atoms with van der Waals surface area (Å²) in [5, 5.41) is 0. The van der Waals surface area contributed by atoms with Crippen molar-refractivity contribution in [3.8, 4) is 0 Å². The molecule has 0 heterocycles. The first-order chi connectivity index (χ1) is 8.45. The Hall–Kier alpha value is -0.440. The molecule has 106 valence electrons. The van der Waals surface area contributed by atoms with Gasteiger partial charge in [-0.1, -0.05) is 27.7 Å². The van der Waals surface area contributed by atoms with E-state index in [0.717, 1.165) is 12.8 Å². The zero-order chi connectivity index (χ0) is 13.7. The number of ether oxygens (including phenoxy) is 1. The summed E-state index contributed by atoms with van der Waals surface area (Å²) < 4.78 is 19.2. The van der Waals surface area contributed by atoms with E-state index in [-0.39, 0.29) is 24.4 Å². The fourth-order valence-electron chi connectivity index (χ4n) is 2.62. The van der Waals surface area contributed by atoms with Crippen LogP contribution in [0.2, 0.25) is 0 Å². The van der Waals surface area contributed by atoms with Crippen molar-refractivity contribution in [1.29, 1.82) is 0 Å². The topological polar surface area (TPSA) is 26.3 Å². The van der Waals surface area contributed by atoms with E-state index >= 15 is 0 Å². The number of ketones is 1. The van der Waals surface area contributed by atoms with Crippen LogP contribution in [-0.4, -0.2) is 24.7 Å². The summed E-state index contributed by atoms with van der Waals surface area (Å²) in [6.45, 7) is 8.36. The van der Waals surface area contributed by atoms with E-state index in [1.54, 1.807) is 0 Å². The zero-order valence-electron chi connectivity index (χ0n) is 12.1. The molecular formula is C15H27FO2. The van der Waals surface area contributed by atoms with Gasteiger partial charge >= 0.3 is 0 Å². The quantitative estimate of drug-likeness (QED) is 0.724. The van der Waals surface area contributed by atoms with Gasteiger partial charge in [0, 0.05) is 12.3 Å². The van der Waals surface area contributed by atoms with Crippen LogP contribution in [0.3, 0.4) is 0 Å². The summed E-state index contributed by atoms with van der Waals surface area (Å²) in [7, 11) is 0. The van der Waals surface area contributed by atoms with Crippen LogP contribution >= 0.6 is 0 Å². The normalized spacial score (nSPS) is 30.4. The molecule has 0 saturated heterocycles. The fraction of sp³-hybridized carbons (Fsp3) is 0.933. The first kappa shape index (κ1) is 15.6. The highest BCUT2D eigenvalue weighted by Crippen LogP contribution is 2.33. The van der Waals surface area contributed by atoms with Crippen molar-refractivity contribution >= 4 is 5.78 Å². The van der Waals surface area contributed by atoms with Crippen LogP contribution in [0.15, 0.2) is 0 Å². The fourth-order valence-corrected chi connectivity index (χ4v) is 2.62. The van der Waals surface area contributed by atoms with Gasteiger partial charge in [-0.15, -0.1) is 0 Å². The van der Waals surface area contributed by atoms with Gasteiger partial charge in [-0.3, -0.25) is 4.79 Å². The van der Waals surface area contributed by atoms with Crippen molar-refractivity contribution in [3.63, 3.8) is 0 Å². The number of carbonyl (C=O) groups is 1. The molecule has 1 aliphatic rings. The lowest BCUT2D eigenvalue weighted by Gasteiger charge is -2.35. The Bertz CT molecular complexity index is 265. The van der Waals surface area contributed by atoms with Crippen LogP contribution in [0.25, 0.3) is 0 Å². The lowest BCUT2D eigenvalue weighted by molar-refractivity contribution is -0.133. The average Bonchev–Trinajstić information content (AvgIpc) is 2.34. The maximum absolute atomic E-state index is 13.5. The third kappa shape index (κ3) is 4.34. The number of alkyl halides is 1. The van der Waals surface area contributed by atoms with E-state index in [0.29, 0.717) is 24.7 Å². The Kier molecular flexibility index (Phi) is 6.27. The summed E-state index contributed by atoms with van der Waals surface area (Å²) in [5.74, 6) is 1.07. The van der Waals surface area contributed by atoms with Gasteiger partial charge in [-0.2, -0.15) is 0 Å². The Morgan fingerprint density at radius 1 is 1.33 bits per heavy atom. The molecule has 0 aromatic heterocycles. The third-order valence-electron chi connectivity index (χ3n) is 4.24. The Labute approximate surface area is 110 Å². The van der Waals surface area contributed by atoms with Crippen LogP contribution in [0.4, 0.5) is 4.39 Å². The minimum atomic E-state index is -0.760. The highest BCUT2D eigenvalue weighted by molar-refractivity contribution is 5.81. The van der Waals surface area contributed by atoms with E-state index < -0.39 is 6.17 Å². The molecule has 3 heteroatoms. The average molecular weight is 258 g/mol. The molecule has 0 aliphatic heterocycles. The lowest BCUT2D eigenvalue weighted by Crippen LogP contribution is -2.37. The Morgan fingerprint density at radius 3 is 2.56 bits per heavy atom. The van der Waals surface area contributed by atoms with Crippen molar-refractivity contribution in [2.75, 3.05) is 6.61 Å². The van der Waals surface area contributed by atoms with E-state index in [1.807, 2.05) is 13.8 Å². The standard InChI is InChI=1S/C15H27FO2/c1-5-11(4)14(17)9-18-15-8-12(16)6-7-13(15)10(2)3/h10-13,15H,5-9H2,1-4H3/t11?,12-,13+,15-/m1/s1.